The summed E-state index contributed by atoms with van der Waals surface area (Å²) in [6.07, 6.45) is 5.09. The summed E-state index contributed by atoms with van der Waals surface area (Å²) in [5.41, 5.74) is 0.673. The fourth-order valence-electron chi connectivity index (χ4n) is 1.23. The third-order valence-corrected chi connectivity index (χ3v) is 3.11. The van der Waals surface area contributed by atoms with Crippen LogP contribution in [-0.4, -0.2) is 10.7 Å². The van der Waals surface area contributed by atoms with Crippen molar-refractivity contribution < 1.29 is 9.31 Å². The molecular formula is C13H12FNO2S. The third-order valence-electron chi connectivity index (χ3n) is 2.07. The molecule has 1 rings (SSSR count). The minimum atomic E-state index is -0.612. The Bertz CT molecular complexity index is 512. The van der Waals surface area contributed by atoms with E-state index in [1.807, 2.05) is 0 Å². The van der Waals surface area contributed by atoms with Crippen LogP contribution in [0.2, 0.25) is 0 Å². The van der Waals surface area contributed by atoms with Crippen LogP contribution in [0.4, 0.5) is 10.1 Å². The molecule has 0 amide bonds. The third kappa shape index (κ3) is 4.18. The molecule has 0 aliphatic carbocycles. The zero-order valence-corrected chi connectivity index (χ0v) is 10.5. The molecule has 0 aliphatic rings. The van der Waals surface area contributed by atoms with Crippen LogP contribution >= 0.6 is 11.8 Å². The van der Waals surface area contributed by atoms with Gasteiger partial charge in [0.25, 0.3) is 5.69 Å². The molecule has 0 aliphatic heterocycles. The van der Waals surface area contributed by atoms with Crippen molar-refractivity contribution in [2.45, 2.75) is 4.90 Å². The van der Waals surface area contributed by atoms with Gasteiger partial charge in [0.05, 0.1) is 11.0 Å². The highest BCUT2D eigenvalue weighted by Crippen LogP contribution is 2.26. The van der Waals surface area contributed by atoms with Gasteiger partial charge in [-0.05, 0) is 11.6 Å². The van der Waals surface area contributed by atoms with Crippen molar-refractivity contribution in [3.8, 4) is 0 Å². The molecule has 1 aromatic carbocycles. The molecule has 0 unspecified atom stereocenters. The molecule has 18 heavy (non-hydrogen) atoms. The molecule has 1 aromatic rings. The summed E-state index contributed by atoms with van der Waals surface area (Å²) in [5, 5.41) is 10.6. The average Bonchev–Trinajstić information content (AvgIpc) is 2.33. The van der Waals surface area contributed by atoms with Gasteiger partial charge in [-0.1, -0.05) is 31.4 Å². The number of thioether (sulfide) groups is 1. The summed E-state index contributed by atoms with van der Waals surface area (Å²) in [7, 11) is 0. The van der Waals surface area contributed by atoms with Gasteiger partial charge in [-0.3, -0.25) is 10.1 Å². The smallest absolute Gasteiger partial charge is 0.258 e. The number of nitrogens with zero attached hydrogens (tertiary/aromatic N) is 1. The lowest BCUT2D eigenvalue weighted by atomic mass is 10.3. The first kappa shape index (κ1) is 14.2. The van der Waals surface area contributed by atoms with Gasteiger partial charge in [0.1, 0.15) is 5.82 Å². The van der Waals surface area contributed by atoms with Crippen LogP contribution in [0, 0.1) is 15.9 Å². The van der Waals surface area contributed by atoms with Crippen molar-refractivity contribution in [2.75, 3.05) is 5.75 Å². The molecule has 0 saturated carbocycles. The van der Waals surface area contributed by atoms with E-state index >= 15 is 0 Å². The van der Waals surface area contributed by atoms with Crippen LogP contribution in [0.3, 0.4) is 0 Å². The van der Waals surface area contributed by atoms with Crippen molar-refractivity contribution in [3.05, 3.63) is 71.1 Å². The normalized spacial score (nSPS) is 11.1. The van der Waals surface area contributed by atoms with Crippen LogP contribution in [0.5, 0.6) is 0 Å². The van der Waals surface area contributed by atoms with E-state index < -0.39 is 10.7 Å². The van der Waals surface area contributed by atoms with Crippen molar-refractivity contribution in [1.29, 1.82) is 0 Å². The number of nitro benzene ring substituents is 1. The van der Waals surface area contributed by atoms with Crippen LogP contribution < -0.4 is 0 Å². The molecule has 0 fully saturated rings. The minimum Gasteiger partial charge on any atom is -0.258 e. The molecule has 0 saturated heterocycles. The van der Waals surface area contributed by atoms with Crippen molar-refractivity contribution >= 4 is 17.4 Å². The molecule has 5 heteroatoms. The fraction of sp³-hybridized carbons (Fsp3) is 0.0769. The molecular weight excluding hydrogens is 253 g/mol. The highest BCUT2D eigenvalue weighted by molar-refractivity contribution is 7.99. The molecule has 0 aromatic heterocycles. The van der Waals surface area contributed by atoms with E-state index in [9.17, 15) is 14.5 Å². The van der Waals surface area contributed by atoms with Gasteiger partial charge in [-0.2, -0.15) is 0 Å². The fourth-order valence-corrected chi connectivity index (χ4v) is 2.18. The first-order valence-corrected chi connectivity index (χ1v) is 6.07. The maximum absolute atomic E-state index is 13.2. The predicted molar refractivity (Wildman–Crippen MR) is 72.3 cm³/mol. The summed E-state index contributed by atoms with van der Waals surface area (Å²) in [6, 6.07) is 3.52. The van der Waals surface area contributed by atoms with Crippen molar-refractivity contribution in [3.63, 3.8) is 0 Å². The van der Waals surface area contributed by atoms with Gasteiger partial charge < -0.3 is 0 Å². The number of rotatable bonds is 6. The summed E-state index contributed by atoms with van der Waals surface area (Å²) < 4.78 is 13.2. The summed E-state index contributed by atoms with van der Waals surface area (Å²) in [6.45, 7) is 7.22. The second-order valence-corrected chi connectivity index (χ2v) is 4.42. The number of benzene rings is 1. The number of nitro groups is 1. The Morgan fingerprint density at radius 2 is 2.17 bits per heavy atom. The number of halogens is 1. The van der Waals surface area contributed by atoms with Crippen LogP contribution in [-0.2, 0) is 0 Å². The maximum Gasteiger partial charge on any atom is 0.273 e. The summed E-state index contributed by atoms with van der Waals surface area (Å²) in [4.78, 5) is 10.5. The van der Waals surface area contributed by atoms with Crippen molar-refractivity contribution in [2.24, 2.45) is 0 Å². The Labute approximate surface area is 109 Å². The van der Waals surface area contributed by atoms with E-state index in [4.69, 9.17) is 0 Å². The number of allylic oxidation sites excluding steroid dienone is 3. The zero-order valence-electron chi connectivity index (χ0n) is 9.64. The molecule has 0 atom stereocenters. The lowest BCUT2D eigenvalue weighted by Crippen LogP contribution is -1.90. The Kier molecular flexibility index (Phi) is 5.32. The Morgan fingerprint density at radius 1 is 1.44 bits per heavy atom. The van der Waals surface area contributed by atoms with Crippen LogP contribution in [0.25, 0.3) is 0 Å². The molecule has 0 spiro atoms. The van der Waals surface area contributed by atoms with E-state index in [2.05, 4.69) is 13.2 Å². The van der Waals surface area contributed by atoms with Crippen LogP contribution in [0.15, 0.2) is 60.1 Å². The number of hydrogen-bond donors (Lipinski definition) is 0. The van der Waals surface area contributed by atoms with Crippen molar-refractivity contribution in [1.82, 2.24) is 0 Å². The van der Waals surface area contributed by atoms with Gasteiger partial charge in [-0.25, -0.2) is 4.39 Å². The Balaban J connectivity index is 2.85. The minimum absolute atomic E-state index is 0.245. The van der Waals surface area contributed by atoms with Gasteiger partial charge in [0.2, 0.25) is 0 Å². The lowest BCUT2D eigenvalue weighted by Gasteiger charge is -2.02. The van der Waals surface area contributed by atoms with Gasteiger partial charge in [-0.15, -0.1) is 11.8 Å². The first-order chi connectivity index (χ1) is 8.56. The van der Waals surface area contributed by atoms with E-state index in [1.54, 1.807) is 18.2 Å². The first-order valence-electron chi connectivity index (χ1n) is 5.08. The topological polar surface area (TPSA) is 43.1 Å². The SMILES string of the molecule is C=C/C=C(\C=C)CSc1cc(F)cc([N+](=O)[O-])c1. The van der Waals surface area contributed by atoms with E-state index in [0.29, 0.717) is 10.6 Å². The molecule has 3 nitrogen and oxygen atoms in total. The number of non-ortho nitro benzene ring substituents is 1. The maximum atomic E-state index is 13.2. The second-order valence-electron chi connectivity index (χ2n) is 3.37. The molecule has 0 heterocycles. The van der Waals surface area contributed by atoms with E-state index in [1.165, 1.54) is 23.9 Å². The predicted octanol–water partition coefficient (Wildman–Crippen LogP) is 4.12. The van der Waals surface area contributed by atoms with Gasteiger partial charge >= 0.3 is 0 Å². The molecule has 94 valence electrons. The Hall–Kier alpha value is -1.88. The van der Waals surface area contributed by atoms with E-state index in [-0.39, 0.29) is 5.69 Å². The zero-order chi connectivity index (χ0) is 13.5. The average molecular weight is 265 g/mol. The standard InChI is InChI=1S/C13H12FNO2S/c1-3-5-10(4-2)9-18-13-7-11(14)6-12(8-13)15(16)17/h3-8H,1-2,9H2/b10-5+. The van der Waals surface area contributed by atoms with E-state index in [0.717, 1.165) is 11.6 Å². The quantitative estimate of drug-likeness (QED) is 0.336. The van der Waals surface area contributed by atoms with Crippen LogP contribution in [0.1, 0.15) is 0 Å². The monoisotopic (exact) mass is 265 g/mol. The van der Waals surface area contributed by atoms with Gasteiger partial charge in [0.15, 0.2) is 0 Å². The summed E-state index contributed by atoms with van der Waals surface area (Å²) in [5.74, 6) is -0.0598. The largest absolute Gasteiger partial charge is 0.273 e. The second kappa shape index (κ2) is 6.76. The highest BCUT2D eigenvalue weighted by atomic mass is 32.2. The lowest BCUT2D eigenvalue weighted by molar-refractivity contribution is -0.385. The number of hydrogen-bond acceptors (Lipinski definition) is 3. The molecule has 0 bridgehead atoms. The highest BCUT2D eigenvalue weighted by Gasteiger charge is 2.10. The molecule has 0 N–H and O–H groups in total. The Morgan fingerprint density at radius 3 is 2.72 bits per heavy atom. The molecule has 0 radical (unpaired) electrons. The summed E-state index contributed by atoms with van der Waals surface area (Å²) >= 11 is 1.31. The van der Waals surface area contributed by atoms with Gasteiger partial charge in [0, 0.05) is 16.7 Å².